The van der Waals surface area contributed by atoms with Crippen molar-refractivity contribution in [1.82, 2.24) is 19.4 Å². The Morgan fingerprint density at radius 3 is 2.53 bits per heavy atom. The van der Waals surface area contributed by atoms with Crippen molar-refractivity contribution in [2.45, 2.75) is 11.1 Å². The average molecular weight is 520 g/mol. The molecule has 0 radical (unpaired) electrons. The van der Waals surface area contributed by atoms with Gasteiger partial charge in [-0.1, -0.05) is 12.1 Å². The maximum Gasteiger partial charge on any atom is 0.255 e. The third-order valence-corrected chi connectivity index (χ3v) is 7.29. The van der Waals surface area contributed by atoms with Crippen molar-refractivity contribution >= 4 is 54.1 Å². The molecule has 2 aliphatic rings. The summed E-state index contributed by atoms with van der Waals surface area (Å²) in [4.78, 5) is 34.2. The van der Waals surface area contributed by atoms with Crippen molar-refractivity contribution in [3.63, 3.8) is 0 Å². The second-order valence-corrected chi connectivity index (χ2v) is 9.23. The van der Waals surface area contributed by atoms with Gasteiger partial charge in [-0.25, -0.2) is 0 Å². The summed E-state index contributed by atoms with van der Waals surface area (Å²) >= 11 is 1.81. The van der Waals surface area contributed by atoms with Crippen LogP contribution < -0.4 is 5.32 Å². The smallest absolute Gasteiger partial charge is 0.255 e. The molecule has 1 unspecified atom stereocenters. The lowest BCUT2D eigenvalue weighted by atomic mass is 10.1. The van der Waals surface area contributed by atoms with Gasteiger partial charge in [-0.05, 0) is 37.4 Å². The van der Waals surface area contributed by atoms with E-state index in [0.717, 1.165) is 35.8 Å². The summed E-state index contributed by atoms with van der Waals surface area (Å²) in [5.74, 6) is 0.583. The number of nitrogens with one attached hydrogen (secondary N) is 1. The molecule has 7 nitrogen and oxygen atoms in total. The topological polar surface area (TPSA) is 70.5 Å². The summed E-state index contributed by atoms with van der Waals surface area (Å²) in [6.07, 6.45) is 5.66. The molecule has 2 aromatic heterocycles. The third kappa shape index (κ3) is 5.25. The number of nitrogens with zero attached hydrogens (tertiary/aromatic N) is 4. The van der Waals surface area contributed by atoms with Crippen LogP contribution in [0.1, 0.15) is 37.3 Å². The fourth-order valence-electron chi connectivity index (χ4n) is 4.16. The maximum atomic E-state index is 13.0. The molecular weight excluding hydrogens is 493 g/mol. The van der Waals surface area contributed by atoms with E-state index < -0.39 is 0 Å². The Hall–Kier alpha value is -2.52. The highest BCUT2D eigenvalue weighted by molar-refractivity contribution is 7.99. The molecular formula is C24H27Cl2N5O2S. The highest BCUT2D eigenvalue weighted by Crippen LogP contribution is 2.43. The van der Waals surface area contributed by atoms with Crippen molar-refractivity contribution in [3.05, 3.63) is 83.4 Å². The molecule has 1 atom stereocenters. The molecule has 1 aromatic carbocycles. The highest BCUT2D eigenvalue weighted by atomic mass is 35.5. The minimum atomic E-state index is -0.207. The first-order valence-electron chi connectivity index (χ1n) is 10.7. The Bertz CT molecular complexity index is 1150. The number of hydrogen-bond acceptors (Lipinski definition) is 5. The van der Waals surface area contributed by atoms with Crippen LogP contribution in [0.2, 0.25) is 0 Å². The third-order valence-electron chi connectivity index (χ3n) is 6.03. The summed E-state index contributed by atoms with van der Waals surface area (Å²) in [5, 5.41) is 3.20. The molecule has 2 amide bonds. The first-order chi connectivity index (χ1) is 15.6. The Morgan fingerprint density at radius 2 is 1.79 bits per heavy atom. The number of amides is 2. The minimum Gasteiger partial charge on any atom is -0.336 e. The molecule has 2 aliphatic heterocycles. The van der Waals surface area contributed by atoms with Gasteiger partial charge in [-0.2, -0.15) is 0 Å². The number of thioether (sulfide) groups is 1. The zero-order valence-corrected chi connectivity index (χ0v) is 21.2. The molecule has 4 heterocycles. The summed E-state index contributed by atoms with van der Waals surface area (Å²) in [6, 6.07) is 12.9. The van der Waals surface area contributed by atoms with Gasteiger partial charge in [0.1, 0.15) is 5.37 Å². The van der Waals surface area contributed by atoms with Crippen LogP contribution in [0.5, 0.6) is 0 Å². The van der Waals surface area contributed by atoms with E-state index in [1.54, 1.807) is 30.5 Å². The van der Waals surface area contributed by atoms with Crippen LogP contribution in [0.4, 0.5) is 5.69 Å². The number of aromatic nitrogens is 2. The van der Waals surface area contributed by atoms with Gasteiger partial charge in [0.2, 0.25) is 0 Å². The zero-order chi connectivity index (χ0) is 22.1. The lowest BCUT2D eigenvalue weighted by Gasteiger charge is -2.32. The zero-order valence-electron chi connectivity index (χ0n) is 18.7. The lowest BCUT2D eigenvalue weighted by Crippen LogP contribution is -2.47. The van der Waals surface area contributed by atoms with Crippen molar-refractivity contribution in [2.24, 2.45) is 0 Å². The molecule has 0 saturated carbocycles. The van der Waals surface area contributed by atoms with Crippen LogP contribution >= 0.6 is 36.6 Å². The molecule has 0 bridgehead atoms. The van der Waals surface area contributed by atoms with Crippen molar-refractivity contribution < 1.29 is 9.59 Å². The van der Waals surface area contributed by atoms with E-state index in [2.05, 4.69) is 32.9 Å². The largest absolute Gasteiger partial charge is 0.336 e. The van der Waals surface area contributed by atoms with E-state index in [0.29, 0.717) is 24.2 Å². The first kappa shape index (κ1) is 26.1. The minimum absolute atomic E-state index is 0. The number of piperazine rings is 1. The second-order valence-electron chi connectivity index (χ2n) is 8.16. The van der Waals surface area contributed by atoms with E-state index in [4.69, 9.17) is 0 Å². The van der Waals surface area contributed by atoms with E-state index in [-0.39, 0.29) is 42.0 Å². The number of anilines is 1. The number of benzene rings is 1. The van der Waals surface area contributed by atoms with Gasteiger partial charge < -0.3 is 19.7 Å². The summed E-state index contributed by atoms with van der Waals surface area (Å²) in [5.41, 5.74) is 4.07. The van der Waals surface area contributed by atoms with Crippen LogP contribution in [0.25, 0.3) is 0 Å². The Labute approximate surface area is 215 Å². The van der Waals surface area contributed by atoms with Crippen LogP contribution in [-0.4, -0.2) is 64.4 Å². The average Bonchev–Trinajstić information content (AvgIpc) is 3.43. The standard InChI is InChI=1S/C24H25N5O2S.2ClH/c1-27-10-12-28(13-11-27)23(31)18-5-2-4-17(14-18)22(30)26-20-7-9-29-21(20)16-32-24(29)19-6-3-8-25-15-19;;/h2-9,14-15,24H,10-13,16H2,1H3,(H,26,30);2*1H. The predicted molar refractivity (Wildman–Crippen MR) is 140 cm³/mol. The monoisotopic (exact) mass is 519 g/mol. The molecule has 3 aromatic rings. The number of carbonyl (C=O) groups is 2. The SMILES string of the molecule is CN1CCN(C(=O)c2cccc(C(=O)Nc3ccn4c3CSC4c3cccnc3)c2)CC1.Cl.Cl. The normalized spacial score (nSPS) is 17.3. The van der Waals surface area contributed by atoms with Crippen LogP contribution in [0.15, 0.2) is 61.1 Å². The van der Waals surface area contributed by atoms with Crippen molar-refractivity contribution in [2.75, 3.05) is 38.5 Å². The second kappa shape index (κ2) is 11.3. The van der Waals surface area contributed by atoms with Gasteiger partial charge in [-0.3, -0.25) is 14.6 Å². The molecule has 1 fully saturated rings. The van der Waals surface area contributed by atoms with Crippen LogP contribution in [0, 0.1) is 0 Å². The van der Waals surface area contributed by atoms with Gasteiger partial charge in [0.15, 0.2) is 0 Å². The van der Waals surface area contributed by atoms with Crippen LogP contribution in [-0.2, 0) is 5.75 Å². The number of halogens is 2. The fraction of sp³-hybridized carbons (Fsp3) is 0.292. The number of rotatable bonds is 4. The lowest BCUT2D eigenvalue weighted by molar-refractivity contribution is 0.0664. The van der Waals surface area contributed by atoms with E-state index in [1.165, 1.54) is 0 Å². The van der Waals surface area contributed by atoms with Gasteiger partial charge in [0.05, 0.1) is 11.4 Å². The Kier molecular flexibility index (Phi) is 8.65. The quantitative estimate of drug-likeness (QED) is 0.560. The maximum absolute atomic E-state index is 13.0. The van der Waals surface area contributed by atoms with Crippen molar-refractivity contribution in [1.29, 1.82) is 0 Å². The molecule has 34 heavy (non-hydrogen) atoms. The van der Waals surface area contributed by atoms with Gasteiger partial charge in [-0.15, -0.1) is 36.6 Å². The number of hydrogen-bond donors (Lipinski definition) is 1. The Morgan fingerprint density at radius 1 is 1.03 bits per heavy atom. The van der Waals surface area contributed by atoms with Crippen LogP contribution in [0.3, 0.4) is 0 Å². The molecule has 0 spiro atoms. The summed E-state index contributed by atoms with van der Waals surface area (Å²) < 4.78 is 2.19. The first-order valence-corrected chi connectivity index (χ1v) is 11.8. The molecule has 10 heteroatoms. The number of likely N-dealkylation sites (N-methyl/N-ethyl adjacent to an activating group) is 1. The van der Waals surface area contributed by atoms with E-state index >= 15 is 0 Å². The summed E-state index contributed by atoms with van der Waals surface area (Å²) in [6.45, 7) is 3.14. The fourth-order valence-corrected chi connectivity index (χ4v) is 5.47. The summed E-state index contributed by atoms with van der Waals surface area (Å²) in [7, 11) is 2.06. The predicted octanol–water partition coefficient (Wildman–Crippen LogP) is 4.16. The number of pyridine rings is 1. The molecule has 1 N–H and O–H groups in total. The number of fused-ring (bicyclic) bond motifs is 1. The molecule has 1 saturated heterocycles. The van der Waals surface area contributed by atoms with E-state index in [1.807, 2.05) is 41.2 Å². The Balaban J connectivity index is 0.00000162. The van der Waals surface area contributed by atoms with Crippen molar-refractivity contribution in [3.8, 4) is 0 Å². The van der Waals surface area contributed by atoms with E-state index in [9.17, 15) is 9.59 Å². The molecule has 0 aliphatic carbocycles. The number of carbonyl (C=O) groups excluding carboxylic acids is 2. The highest BCUT2D eigenvalue weighted by Gasteiger charge is 2.27. The van der Waals surface area contributed by atoms with Gasteiger partial charge in [0, 0.05) is 67.2 Å². The molecule has 180 valence electrons. The van der Waals surface area contributed by atoms with Gasteiger partial charge in [0.25, 0.3) is 11.8 Å². The van der Waals surface area contributed by atoms with Gasteiger partial charge >= 0.3 is 0 Å². The molecule has 5 rings (SSSR count).